The third kappa shape index (κ3) is 3.87. The molecule has 0 unspecified atom stereocenters. The van der Waals surface area contributed by atoms with E-state index in [2.05, 4.69) is 0 Å². The number of aliphatic hydroxyl groups excluding tert-OH is 1. The van der Waals surface area contributed by atoms with Crippen LogP contribution in [0.15, 0.2) is 36.4 Å². The van der Waals surface area contributed by atoms with Gasteiger partial charge in [0.25, 0.3) is 0 Å². The Bertz CT molecular complexity index is 632. The molecular formula is C18H22O5. The Morgan fingerprint density at radius 1 is 0.826 bits per heavy atom. The normalized spacial score (nSPS) is 11.7. The number of hydrogen-bond donors (Lipinski definition) is 1. The summed E-state index contributed by atoms with van der Waals surface area (Å²) in [5.74, 6) is 2.47. The lowest BCUT2D eigenvalue weighted by Crippen LogP contribution is -2.03. The SMILES string of the molecule is CCOc1cc([C@H](O)c2cc(OC)cc(OC)c2)ccc1OC. The summed E-state index contributed by atoms with van der Waals surface area (Å²) in [5, 5.41) is 10.7. The summed E-state index contributed by atoms with van der Waals surface area (Å²) >= 11 is 0. The van der Waals surface area contributed by atoms with Crippen LogP contribution in [0.25, 0.3) is 0 Å². The zero-order valence-electron chi connectivity index (χ0n) is 13.8. The largest absolute Gasteiger partial charge is 0.497 e. The fourth-order valence-electron chi connectivity index (χ4n) is 2.31. The van der Waals surface area contributed by atoms with Crippen LogP contribution in [0.1, 0.15) is 24.2 Å². The molecule has 5 nitrogen and oxygen atoms in total. The van der Waals surface area contributed by atoms with E-state index in [9.17, 15) is 5.11 Å². The number of benzene rings is 2. The van der Waals surface area contributed by atoms with Gasteiger partial charge in [0.2, 0.25) is 0 Å². The average Bonchev–Trinajstić information content (AvgIpc) is 2.60. The first-order valence-corrected chi connectivity index (χ1v) is 7.34. The second-order valence-corrected chi connectivity index (χ2v) is 4.89. The fraction of sp³-hybridized carbons (Fsp3) is 0.333. The summed E-state index contributed by atoms with van der Waals surface area (Å²) in [6.07, 6.45) is -0.830. The standard InChI is InChI=1S/C18H22O5/c1-5-23-17-10-12(6-7-16(17)22-4)18(19)13-8-14(20-2)11-15(9-13)21-3/h6-11,18-19H,5H2,1-4H3/t18-/m0/s1. The van der Waals surface area contributed by atoms with E-state index < -0.39 is 6.10 Å². The van der Waals surface area contributed by atoms with Crippen molar-refractivity contribution in [3.05, 3.63) is 47.5 Å². The van der Waals surface area contributed by atoms with Crippen molar-refractivity contribution in [2.45, 2.75) is 13.0 Å². The van der Waals surface area contributed by atoms with Crippen LogP contribution >= 0.6 is 0 Å². The molecular weight excluding hydrogens is 296 g/mol. The zero-order chi connectivity index (χ0) is 16.8. The molecule has 0 bridgehead atoms. The van der Waals surface area contributed by atoms with Gasteiger partial charge in [-0.05, 0) is 42.3 Å². The molecule has 124 valence electrons. The molecule has 5 heteroatoms. The molecule has 0 aromatic heterocycles. The molecule has 0 heterocycles. The van der Waals surface area contributed by atoms with Crippen molar-refractivity contribution in [1.82, 2.24) is 0 Å². The lowest BCUT2D eigenvalue weighted by atomic mass is 10.0. The van der Waals surface area contributed by atoms with Crippen molar-refractivity contribution in [1.29, 1.82) is 0 Å². The summed E-state index contributed by atoms with van der Waals surface area (Å²) in [6, 6.07) is 10.7. The van der Waals surface area contributed by atoms with Crippen molar-refractivity contribution in [2.24, 2.45) is 0 Å². The maximum atomic E-state index is 10.7. The minimum atomic E-state index is -0.830. The third-order valence-corrected chi connectivity index (χ3v) is 3.49. The van der Waals surface area contributed by atoms with Gasteiger partial charge in [0, 0.05) is 6.07 Å². The van der Waals surface area contributed by atoms with Crippen molar-refractivity contribution in [3.63, 3.8) is 0 Å². The molecule has 2 aromatic rings. The van der Waals surface area contributed by atoms with E-state index >= 15 is 0 Å². The summed E-state index contributed by atoms with van der Waals surface area (Å²) in [5.41, 5.74) is 1.37. The van der Waals surface area contributed by atoms with Crippen molar-refractivity contribution in [2.75, 3.05) is 27.9 Å². The molecule has 0 radical (unpaired) electrons. The van der Waals surface area contributed by atoms with Crippen LogP contribution in [0.3, 0.4) is 0 Å². The highest BCUT2D eigenvalue weighted by Gasteiger charge is 2.16. The number of hydrogen-bond acceptors (Lipinski definition) is 5. The number of methoxy groups -OCH3 is 3. The Morgan fingerprint density at radius 2 is 1.48 bits per heavy atom. The van der Waals surface area contributed by atoms with Crippen LogP contribution in [0.2, 0.25) is 0 Å². The van der Waals surface area contributed by atoms with Crippen LogP contribution in [-0.4, -0.2) is 33.0 Å². The maximum Gasteiger partial charge on any atom is 0.161 e. The summed E-state index contributed by atoms with van der Waals surface area (Å²) in [7, 11) is 4.73. The fourth-order valence-corrected chi connectivity index (χ4v) is 2.31. The maximum absolute atomic E-state index is 10.7. The van der Waals surface area contributed by atoms with E-state index in [0.717, 1.165) is 0 Å². The van der Waals surface area contributed by atoms with Gasteiger partial charge in [-0.3, -0.25) is 0 Å². The van der Waals surface area contributed by atoms with Gasteiger partial charge in [-0.2, -0.15) is 0 Å². The highest BCUT2D eigenvalue weighted by atomic mass is 16.5. The second kappa shape index (κ2) is 7.74. The monoisotopic (exact) mass is 318 g/mol. The minimum Gasteiger partial charge on any atom is -0.497 e. The van der Waals surface area contributed by atoms with E-state index in [-0.39, 0.29) is 0 Å². The van der Waals surface area contributed by atoms with Gasteiger partial charge < -0.3 is 24.1 Å². The van der Waals surface area contributed by atoms with Gasteiger partial charge in [-0.15, -0.1) is 0 Å². The lowest BCUT2D eigenvalue weighted by molar-refractivity contribution is 0.218. The lowest BCUT2D eigenvalue weighted by Gasteiger charge is -2.16. The predicted octanol–water partition coefficient (Wildman–Crippen LogP) is 3.19. The van der Waals surface area contributed by atoms with Crippen molar-refractivity contribution >= 4 is 0 Å². The van der Waals surface area contributed by atoms with E-state index in [0.29, 0.717) is 40.7 Å². The highest BCUT2D eigenvalue weighted by Crippen LogP contribution is 2.34. The van der Waals surface area contributed by atoms with E-state index in [1.165, 1.54) is 0 Å². The molecule has 0 aliphatic heterocycles. The molecule has 0 amide bonds. The number of aliphatic hydroxyl groups is 1. The Balaban J connectivity index is 2.39. The van der Waals surface area contributed by atoms with Crippen LogP contribution in [0.5, 0.6) is 23.0 Å². The third-order valence-electron chi connectivity index (χ3n) is 3.49. The van der Waals surface area contributed by atoms with Gasteiger partial charge in [0.15, 0.2) is 11.5 Å². The Kier molecular flexibility index (Phi) is 5.71. The molecule has 0 saturated heterocycles. The first kappa shape index (κ1) is 17.0. The number of rotatable bonds is 7. The number of ether oxygens (including phenoxy) is 4. The van der Waals surface area contributed by atoms with Gasteiger partial charge in [-0.1, -0.05) is 6.07 Å². The molecule has 1 N–H and O–H groups in total. The molecule has 0 aliphatic rings. The molecule has 0 fully saturated rings. The zero-order valence-corrected chi connectivity index (χ0v) is 13.8. The van der Waals surface area contributed by atoms with E-state index in [1.807, 2.05) is 6.92 Å². The Hall–Kier alpha value is -2.40. The van der Waals surface area contributed by atoms with Gasteiger partial charge in [0.05, 0.1) is 27.9 Å². The summed E-state index contributed by atoms with van der Waals surface area (Å²) in [6.45, 7) is 2.42. The van der Waals surface area contributed by atoms with Crippen molar-refractivity contribution < 1.29 is 24.1 Å². The van der Waals surface area contributed by atoms with Crippen molar-refractivity contribution in [3.8, 4) is 23.0 Å². The predicted molar refractivity (Wildman–Crippen MR) is 87.8 cm³/mol. The molecule has 0 spiro atoms. The summed E-state index contributed by atoms with van der Waals surface area (Å²) in [4.78, 5) is 0. The van der Waals surface area contributed by atoms with Gasteiger partial charge >= 0.3 is 0 Å². The van der Waals surface area contributed by atoms with E-state index in [4.69, 9.17) is 18.9 Å². The molecule has 0 saturated carbocycles. The quantitative estimate of drug-likeness (QED) is 0.849. The van der Waals surface area contributed by atoms with Gasteiger partial charge in [0.1, 0.15) is 17.6 Å². The van der Waals surface area contributed by atoms with Crippen LogP contribution < -0.4 is 18.9 Å². The highest BCUT2D eigenvalue weighted by molar-refractivity contribution is 5.47. The van der Waals surface area contributed by atoms with Crippen LogP contribution in [0, 0.1) is 0 Å². The first-order valence-electron chi connectivity index (χ1n) is 7.34. The minimum absolute atomic E-state index is 0.517. The smallest absolute Gasteiger partial charge is 0.161 e. The second-order valence-electron chi connectivity index (χ2n) is 4.89. The first-order chi connectivity index (χ1) is 11.1. The average molecular weight is 318 g/mol. The molecule has 2 aromatic carbocycles. The topological polar surface area (TPSA) is 57.2 Å². The van der Waals surface area contributed by atoms with Gasteiger partial charge in [-0.25, -0.2) is 0 Å². The molecule has 1 atom stereocenters. The Morgan fingerprint density at radius 3 is 2.00 bits per heavy atom. The molecule has 0 aliphatic carbocycles. The molecule has 2 rings (SSSR count). The van der Waals surface area contributed by atoms with Crippen LogP contribution in [-0.2, 0) is 0 Å². The Labute approximate surface area is 136 Å². The van der Waals surface area contributed by atoms with Crippen LogP contribution in [0.4, 0.5) is 0 Å². The molecule has 23 heavy (non-hydrogen) atoms. The summed E-state index contributed by atoms with van der Waals surface area (Å²) < 4.78 is 21.3. The van der Waals surface area contributed by atoms with E-state index in [1.54, 1.807) is 57.7 Å².